The summed E-state index contributed by atoms with van der Waals surface area (Å²) < 4.78 is 8.77. The summed E-state index contributed by atoms with van der Waals surface area (Å²) in [6.45, 7) is 2.12. The summed E-state index contributed by atoms with van der Waals surface area (Å²) >= 11 is 8.46. The molecule has 0 aliphatic heterocycles. The van der Waals surface area contributed by atoms with Crippen molar-refractivity contribution in [2.24, 2.45) is 0 Å². The van der Waals surface area contributed by atoms with E-state index in [1.165, 1.54) is 0 Å². The Labute approximate surface area is 124 Å². The van der Waals surface area contributed by atoms with Crippen LogP contribution in [0.3, 0.4) is 0 Å². The van der Waals surface area contributed by atoms with Crippen molar-refractivity contribution in [1.82, 2.24) is 9.59 Å². The number of rotatable bonds is 5. The molecule has 2 rings (SSSR count). The smallest absolute Gasteiger partial charge is 0.351 e. The zero-order valence-electron chi connectivity index (χ0n) is 10.1. The molecule has 0 saturated carbocycles. The van der Waals surface area contributed by atoms with Crippen molar-refractivity contribution in [2.75, 3.05) is 6.61 Å². The topological polar surface area (TPSA) is 52.1 Å². The summed E-state index contributed by atoms with van der Waals surface area (Å²) in [7, 11) is 0. The summed E-state index contributed by atoms with van der Waals surface area (Å²) in [6.07, 6.45) is 0. The van der Waals surface area contributed by atoms with Gasteiger partial charge in [0.05, 0.1) is 6.61 Å². The number of nitrogens with zero attached hydrogens (tertiary/aromatic N) is 2. The predicted octanol–water partition coefficient (Wildman–Crippen LogP) is 3.66. The predicted molar refractivity (Wildman–Crippen MR) is 76.9 cm³/mol. The average Bonchev–Trinajstić information content (AvgIpc) is 2.87. The molecule has 4 nitrogen and oxygen atoms in total. The molecule has 0 N–H and O–H groups in total. The van der Waals surface area contributed by atoms with Gasteiger partial charge < -0.3 is 4.74 Å². The van der Waals surface area contributed by atoms with Crippen molar-refractivity contribution in [1.29, 1.82) is 0 Å². The highest BCUT2D eigenvalue weighted by molar-refractivity contribution is 7.98. The van der Waals surface area contributed by atoms with Gasteiger partial charge in [-0.2, -0.15) is 0 Å². The third kappa shape index (κ3) is 3.92. The Morgan fingerprint density at radius 3 is 2.84 bits per heavy atom. The van der Waals surface area contributed by atoms with Crippen LogP contribution in [0.1, 0.15) is 22.3 Å². The third-order valence-corrected chi connectivity index (χ3v) is 4.23. The van der Waals surface area contributed by atoms with E-state index >= 15 is 0 Å². The van der Waals surface area contributed by atoms with Crippen molar-refractivity contribution in [3.63, 3.8) is 0 Å². The lowest BCUT2D eigenvalue weighted by Gasteiger charge is -2.02. The fraction of sp³-hybridized carbons (Fsp3) is 0.250. The minimum Gasteiger partial charge on any atom is -0.462 e. The first kappa shape index (κ1) is 14.3. The Morgan fingerprint density at radius 2 is 2.16 bits per heavy atom. The molecule has 0 bridgehead atoms. The molecule has 0 amide bonds. The number of carbonyl (C=O) groups is 1. The molecule has 0 unspecified atom stereocenters. The number of halogens is 1. The van der Waals surface area contributed by atoms with E-state index in [9.17, 15) is 4.79 Å². The maximum atomic E-state index is 11.7. The van der Waals surface area contributed by atoms with Gasteiger partial charge in [-0.05, 0) is 42.7 Å². The Kier molecular flexibility index (Phi) is 5.18. The number of thioether (sulfide) groups is 1. The molecule has 1 heterocycles. The second-order valence-corrected chi connectivity index (χ2v) is 5.75. The lowest BCUT2D eigenvalue weighted by Crippen LogP contribution is -2.05. The first-order valence-corrected chi connectivity index (χ1v) is 7.71. The van der Waals surface area contributed by atoms with Gasteiger partial charge >= 0.3 is 5.97 Å². The molecule has 0 aliphatic rings. The monoisotopic (exact) mass is 314 g/mol. The Morgan fingerprint density at radius 1 is 1.42 bits per heavy atom. The molecule has 19 heavy (non-hydrogen) atoms. The SMILES string of the molecule is CCOC(=O)c1snnc1CSc1ccc(Cl)cc1. The van der Waals surface area contributed by atoms with Gasteiger partial charge in [-0.25, -0.2) is 4.79 Å². The molecule has 0 saturated heterocycles. The number of hydrogen-bond donors (Lipinski definition) is 0. The molecule has 1 aromatic heterocycles. The lowest BCUT2D eigenvalue weighted by molar-refractivity contribution is 0.0531. The van der Waals surface area contributed by atoms with Crippen LogP contribution in [0.2, 0.25) is 5.02 Å². The number of hydrogen-bond acceptors (Lipinski definition) is 6. The maximum absolute atomic E-state index is 11.7. The van der Waals surface area contributed by atoms with Crippen LogP contribution in [0.4, 0.5) is 0 Å². The summed E-state index contributed by atoms with van der Waals surface area (Å²) in [6, 6.07) is 7.51. The first-order chi connectivity index (χ1) is 9.20. The average molecular weight is 315 g/mol. The van der Waals surface area contributed by atoms with E-state index in [0.29, 0.717) is 28.0 Å². The second kappa shape index (κ2) is 6.88. The highest BCUT2D eigenvalue weighted by atomic mass is 35.5. The van der Waals surface area contributed by atoms with E-state index in [4.69, 9.17) is 16.3 Å². The summed E-state index contributed by atoms with van der Waals surface area (Å²) in [5, 5.41) is 4.67. The Bertz CT molecular complexity index is 557. The van der Waals surface area contributed by atoms with Crippen molar-refractivity contribution in [3.8, 4) is 0 Å². The standard InChI is InChI=1S/C12H11ClN2O2S2/c1-2-17-12(16)11-10(14-15-19-11)7-18-9-5-3-8(13)4-6-9/h3-6H,2,7H2,1H3. The van der Waals surface area contributed by atoms with E-state index in [-0.39, 0.29) is 5.97 Å². The Balaban J connectivity index is 2.02. The molecular weight excluding hydrogens is 304 g/mol. The van der Waals surface area contributed by atoms with Gasteiger partial charge in [0.15, 0.2) is 4.88 Å². The minimum atomic E-state index is -0.357. The van der Waals surface area contributed by atoms with Crippen molar-refractivity contribution in [2.45, 2.75) is 17.6 Å². The number of carbonyl (C=O) groups excluding carboxylic acids is 1. The van der Waals surface area contributed by atoms with Crippen LogP contribution >= 0.6 is 34.9 Å². The molecule has 100 valence electrons. The third-order valence-electron chi connectivity index (χ3n) is 2.21. The van der Waals surface area contributed by atoms with E-state index in [0.717, 1.165) is 16.4 Å². The first-order valence-electron chi connectivity index (χ1n) is 5.57. The van der Waals surface area contributed by atoms with Crippen molar-refractivity contribution >= 4 is 40.9 Å². The molecule has 0 aliphatic carbocycles. The van der Waals surface area contributed by atoms with Gasteiger partial charge in [0.25, 0.3) is 0 Å². The molecule has 0 radical (unpaired) electrons. The molecular formula is C12H11ClN2O2S2. The number of benzene rings is 1. The van der Waals surface area contributed by atoms with Gasteiger partial charge in [-0.3, -0.25) is 0 Å². The van der Waals surface area contributed by atoms with Crippen molar-refractivity contribution < 1.29 is 9.53 Å². The maximum Gasteiger partial charge on any atom is 0.351 e. The van der Waals surface area contributed by atoms with Gasteiger partial charge in [-0.15, -0.1) is 16.9 Å². The van der Waals surface area contributed by atoms with Gasteiger partial charge in [-0.1, -0.05) is 16.1 Å². The van der Waals surface area contributed by atoms with Crippen LogP contribution in [-0.4, -0.2) is 22.2 Å². The molecule has 0 fully saturated rings. The highest BCUT2D eigenvalue weighted by Gasteiger charge is 2.17. The van der Waals surface area contributed by atoms with Crippen LogP contribution in [0, 0.1) is 0 Å². The molecule has 7 heteroatoms. The Hall–Kier alpha value is -1.11. The normalized spacial score (nSPS) is 10.4. The van der Waals surface area contributed by atoms with Gasteiger partial charge in [0.1, 0.15) is 5.69 Å². The molecule has 2 aromatic rings. The van der Waals surface area contributed by atoms with Crippen LogP contribution in [0.15, 0.2) is 29.2 Å². The molecule has 1 aromatic carbocycles. The lowest BCUT2D eigenvalue weighted by atomic mass is 10.4. The zero-order valence-corrected chi connectivity index (χ0v) is 12.5. The van der Waals surface area contributed by atoms with Crippen LogP contribution in [0.5, 0.6) is 0 Å². The molecule has 0 spiro atoms. The van der Waals surface area contributed by atoms with Crippen LogP contribution in [-0.2, 0) is 10.5 Å². The van der Waals surface area contributed by atoms with Gasteiger partial charge in [0, 0.05) is 15.7 Å². The summed E-state index contributed by atoms with van der Waals surface area (Å²) in [5.41, 5.74) is 0.656. The van der Waals surface area contributed by atoms with E-state index in [1.54, 1.807) is 18.7 Å². The number of esters is 1. The minimum absolute atomic E-state index is 0.348. The summed E-state index contributed by atoms with van der Waals surface area (Å²) in [4.78, 5) is 13.2. The quantitative estimate of drug-likeness (QED) is 0.622. The fourth-order valence-electron chi connectivity index (χ4n) is 1.34. The molecule has 0 atom stereocenters. The van der Waals surface area contributed by atoms with E-state index < -0.39 is 0 Å². The summed E-state index contributed by atoms with van der Waals surface area (Å²) in [5.74, 6) is 0.218. The van der Waals surface area contributed by atoms with E-state index in [2.05, 4.69) is 9.59 Å². The number of ether oxygens (including phenoxy) is 1. The number of aromatic nitrogens is 2. The van der Waals surface area contributed by atoms with Crippen LogP contribution < -0.4 is 0 Å². The highest BCUT2D eigenvalue weighted by Crippen LogP contribution is 2.26. The van der Waals surface area contributed by atoms with Crippen LogP contribution in [0.25, 0.3) is 0 Å². The van der Waals surface area contributed by atoms with Crippen molar-refractivity contribution in [3.05, 3.63) is 39.9 Å². The van der Waals surface area contributed by atoms with E-state index in [1.807, 2.05) is 24.3 Å². The largest absolute Gasteiger partial charge is 0.462 e. The fourth-order valence-corrected chi connectivity index (χ4v) is 2.96. The second-order valence-electron chi connectivity index (χ2n) is 3.51. The van der Waals surface area contributed by atoms with Gasteiger partial charge in [0.2, 0.25) is 0 Å². The zero-order chi connectivity index (χ0) is 13.7.